The van der Waals surface area contributed by atoms with Crippen molar-refractivity contribution in [3.8, 4) is 0 Å². The molecule has 0 radical (unpaired) electrons. The van der Waals surface area contributed by atoms with Crippen molar-refractivity contribution in [3.63, 3.8) is 0 Å². The third-order valence-corrected chi connectivity index (χ3v) is 6.08. The summed E-state index contributed by atoms with van der Waals surface area (Å²) in [6.45, 7) is 4.11. The van der Waals surface area contributed by atoms with Gasteiger partial charge in [0.05, 0.1) is 3.79 Å². The predicted molar refractivity (Wildman–Crippen MR) is 86.3 cm³/mol. The Hall–Kier alpha value is -0.160. The minimum Gasteiger partial charge on any atom is -0.312 e. The molecular weight excluding hydrogens is 374 g/mol. The standard InChI is InChI=1S/C14H15Br2NS/c1-10-4-2-3-5-11(10)6-7-17-9-12-8-13(15)14(16)18-12/h2-5,8,17H,6-7,9H2,1H3. The van der Waals surface area contributed by atoms with Gasteiger partial charge in [0.15, 0.2) is 0 Å². The number of halogens is 2. The Bertz CT molecular complexity index is 503. The first kappa shape index (κ1) is 14.3. The summed E-state index contributed by atoms with van der Waals surface area (Å²) in [5, 5.41) is 3.49. The van der Waals surface area contributed by atoms with Gasteiger partial charge in [-0.1, -0.05) is 24.3 Å². The molecule has 0 unspecified atom stereocenters. The molecule has 0 aliphatic carbocycles. The lowest BCUT2D eigenvalue weighted by atomic mass is 10.1. The van der Waals surface area contributed by atoms with E-state index in [0.29, 0.717) is 0 Å². The van der Waals surface area contributed by atoms with E-state index in [0.717, 1.165) is 24.0 Å². The molecule has 1 aromatic heterocycles. The number of benzene rings is 1. The molecule has 1 nitrogen and oxygen atoms in total. The summed E-state index contributed by atoms with van der Waals surface area (Å²) >= 11 is 8.79. The molecule has 0 bridgehead atoms. The second kappa shape index (κ2) is 6.85. The van der Waals surface area contributed by atoms with E-state index in [-0.39, 0.29) is 0 Å². The minimum atomic E-state index is 0.931. The average molecular weight is 389 g/mol. The lowest BCUT2D eigenvalue weighted by Crippen LogP contribution is -2.16. The number of rotatable bonds is 5. The summed E-state index contributed by atoms with van der Waals surface area (Å²) in [4.78, 5) is 1.35. The zero-order chi connectivity index (χ0) is 13.0. The molecule has 0 aliphatic rings. The van der Waals surface area contributed by atoms with Crippen LogP contribution in [0.25, 0.3) is 0 Å². The second-order valence-corrected chi connectivity index (χ2v) is 7.50. The van der Waals surface area contributed by atoms with Crippen LogP contribution < -0.4 is 5.32 Å². The fraction of sp³-hybridized carbons (Fsp3) is 0.286. The van der Waals surface area contributed by atoms with Gasteiger partial charge in [0.2, 0.25) is 0 Å². The van der Waals surface area contributed by atoms with Gasteiger partial charge in [-0.25, -0.2) is 0 Å². The van der Waals surface area contributed by atoms with Crippen LogP contribution in [-0.2, 0) is 13.0 Å². The van der Waals surface area contributed by atoms with E-state index < -0.39 is 0 Å². The average Bonchev–Trinajstić information content (AvgIpc) is 2.66. The van der Waals surface area contributed by atoms with Gasteiger partial charge in [0.1, 0.15) is 0 Å². The zero-order valence-electron chi connectivity index (χ0n) is 10.2. The van der Waals surface area contributed by atoms with Crippen molar-refractivity contribution in [2.75, 3.05) is 6.54 Å². The molecule has 2 rings (SSSR count). The maximum absolute atomic E-state index is 3.52. The molecule has 96 valence electrons. The molecule has 1 heterocycles. The van der Waals surface area contributed by atoms with Gasteiger partial charge in [-0.3, -0.25) is 0 Å². The predicted octanol–water partition coefficient (Wildman–Crippen LogP) is 4.91. The molecule has 0 spiro atoms. The molecular formula is C14H15Br2NS. The first-order valence-electron chi connectivity index (χ1n) is 5.86. The summed E-state index contributed by atoms with van der Waals surface area (Å²) in [6.07, 6.45) is 1.08. The van der Waals surface area contributed by atoms with E-state index >= 15 is 0 Å². The summed E-state index contributed by atoms with van der Waals surface area (Å²) in [7, 11) is 0. The van der Waals surface area contributed by atoms with Crippen LogP contribution in [0.4, 0.5) is 0 Å². The van der Waals surface area contributed by atoms with Gasteiger partial charge in [0.25, 0.3) is 0 Å². The third kappa shape index (κ3) is 3.92. The lowest BCUT2D eigenvalue weighted by molar-refractivity contribution is 0.692. The number of aryl methyl sites for hydroxylation is 1. The smallest absolute Gasteiger partial charge is 0.0843 e. The molecule has 0 atom stereocenters. The van der Waals surface area contributed by atoms with Crippen LogP contribution in [0.1, 0.15) is 16.0 Å². The van der Waals surface area contributed by atoms with E-state index in [4.69, 9.17) is 0 Å². The van der Waals surface area contributed by atoms with Gasteiger partial charge in [-0.2, -0.15) is 0 Å². The number of hydrogen-bond acceptors (Lipinski definition) is 2. The molecule has 0 amide bonds. The fourth-order valence-electron chi connectivity index (χ4n) is 1.80. The second-order valence-electron chi connectivity index (χ2n) is 4.19. The Morgan fingerprint density at radius 2 is 2.00 bits per heavy atom. The van der Waals surface area contributed by atoms with E-state index in [2.05, 4.69) is 74.4 Å². The molecule has 0 aliphatic heterocycles. The first-order valence-corrected chi connectivity index (χ1v) is 8.26. The van der Waals surface area contributed by atoms with Crippen molar-refractivity contribution in [1.29, 1.82) is 0 Å². The molecule has 1 N–H and O–H groups in total. The van der Waals surface area contributed by atoms with Crippen LogP contribution in [0.15, 0.2) is 38.6 Å². The van der Waals surface area contributed by atoms with Crippen LogP contribution in [0, 0.1) is 6.92 Å². The van der Waals surface area contributed by atoms with Crippen molar-refractivity contribution in [2.45, 2.75) is 19.9 Å². The molecule has 2 aromatic rings. The van der Waals surface area contributed by atoms with Gasteiger partial charge >= 0.3 is 0 Å². The zero-order valence-corrected chi connectivity index (χ0v) is 14.2. The number of nitrogens with one attached hydrogen (secondary N) is 1. The molecule has 0 saturated heterocycles. The SMILES string of the molecule is Cc1ccccc1CCNCc1cc(Br)c(Br)s1. The van der Waals surface area contributed by atoms with Crippen LogP contribution in [-0.4, -0.2) is 6.54 Å². The first-order chi connectivity index (χ1) is 8.66. The Morgan fingerprint density at radius 3 is 2.67 bits per heavy atom. The summed E-state index contributed by atoms with van der Waals surface area (Å²) in [5.74, 6) is 0. The lowest BCUT2D eigenvalue weighted by Gasteiger charge is -2.06. The van der Waals surface area contributed by atoms with Crippen LogP contribution in [0.3, 0.4) is 0 Å². The normalized spacial score (nSPS) is 10.8. The Labute approximate surface area is 129 Å². The van der Waals surface area contributed by atoms with E-state index in [1.54, 1.807) is 11.3 Å². The van der Waals surface area contributed by atoms with Crippen molar-refractivity contribution in [1.82, 2.24) is 5.32 Å². The van der Waals surface area contributed by atoms with Crippen LogP contribution in [0.2, 0.25) is 0 Å². The summed E-state index contributed by atoms with van der Waals surface area (Å²) in [6, 6.07) is 10.7. The largest absolute Gasteiger partial charge is 0.312 e. The monoisotopic (exact) mass is 387 g/mol. The highest BCUT2D eigenvalue weighted by Gasteiger charge is 2.03. The van der Waals surface area contributed by atoms with Crippen LogP contribution in [0.5, 0.6) is 0 Å². The maximum atomic E-state index is 3.52. The van der Waals surface area contributed by atoms with E-state index in [1.807, 2.05) is 0 Å². The summed E-state index contributed by atoms with van der Waals surface area (Å²) in [5.41, 5.74) is 2.81. The van der Waals surface area contributed by atoms with Crippen molar-refractivity contribution in [3.05, 3.63) is 54.6 Å². The molecule has 0 fully saturated rings. The third-order valence-electron chi connectivity index (χ3n) is 2.83. The van der Waals surface area contributed by atoms with Crippen molar-refractivity contribution >= 4 is 43.2 Å². The molecule has 4 heteroatoms. The van der Waals surface area contributed by atoms with E-state index in [9.17, 15) is 0 Å². The van der Waals surface area contributed by atoms with Gasteiger partial charge in [-0.05, 0) is 68.9 Å². The molecule has 0 saturated carbocycles. The van der Waals surface area contributed by atoms with E-state index in [1.165, 1.54) is 19.8 Å². The Balaban J connectivity index is 1.78. The Morgan fingerprint density at radius 1 is 1.22 bits per heavy atom. The number of hydrogen-bond donors (Lipinski definition) is 1. The quantitative estimate of drug-likeness (QED) is 0.717. The highest BCUT2D eigenvalue weighted by atomic mass is 79.9. The minimum absolute atomic E-state index is 0.931. The van der Waals surface area contributed by atoms with Gasteiger partial charge in [0, 0.05) is 15.9 Å². The number of thiophene rings is 1. The maximum Gasteiger partial charge on any atom is 0.0843 e. The fourth-order valence-corrected chi connectivity index (χ4v) is 3.95. The summed E-state index contributed by atoms with van der Waals surface area (Å²) < 4.78 is 2.31. The molecule has 18 heavy (non-hydrogen) atoms. The highest BCUT2D eigenvalue weighted by molar-refractivity contribution is 9.13. The van der Waals surface area contributed by atoms with Crippen LogP contribution >= 0.6 is 43.2 Å². The van der Waals surface area contributed by atoms with Crippen molar-refractivity contribution in [2.24, 2.45) is 0 Å². The Kier molecular flexibility index (Phi) is 5.42. The highest BCUT2D eigenvalue weighted by Crippen LogP contribution is 2.32. The van der Waals surface area contributed by atoms with Gasteiger partial charge < -0.3 is 5.32 Å². The topological polar surface area (TPSA) is 12.0 Å². The molecule has 1 aromatic carbocycles. The van der Waals surface area contributed by atoms with Gasteiger partial charge in [-0.15, -0.1) is 11.3 Å². The van der Waals surface area contributed by atoms with Crippen molar-refractivity contribution < 1.29 is 0 Å².